The first kappa shape index (κ1) is 17.0. The molecule has 6 aliphatic rings. The average molecular weight is 395 g/mol. The van der Waals surface area contributed by atoms with E-state index in [4.69, 9.17) is 14.2 Å². The topological polar surface area (TPSA) is 34.2 Å². The van der Waals surface area contributed by atoms with E-state index in [0.717, 1.165) is 31.1 Å². The second-order valence-electron chi connectivity index (χ2n) is 10.0. The van der Waals surface area contributed by atoms with Crippen LogP contribution in [0.1, 0.15) is 31.7 Å². The fraction of sp³-hybridized carbons (Fsp3) is 0.667. The highest BCUT2D eigenvalue weighted by molar-refractivity contribution is 5.73. The van der Waals surface area contributed by atoms with E-state index in [1.54, 1.807) is 19.8 Å². The normalized spacial score (nSPS) is 43.6. The van der Waals surface area contributed by atoms with Gasteiger partial charge >= 0.3 is 0 Å². The smallest absolute Gasteiger partial charge is 0.162 e. The molecule has 1 aliphatic carbocycles. The number of anilines is 1. The van der Waals surface area contributed by atoms with Crippen molar-refractivity contribution in [1.29, 1.82) is 0 Å². The summed E-state index contributed by atoms with van der Waals surface area (Å²) in [6.45, 7) is 5.55. The van der Waals surface area contributed by atoms with Crippen LogP contribution >= 0.6 is 0 Å². The highest BCUT2D eigenvalue weighted by Gasteiger charge is 2.70. The molecule has 5 heterocycles. The number of rotatable bonds is 2. The Bertz CT molecular complexity index is 929. The van der Waals surface area contributed by atoms with Crippen molar-refractivity contribution in [2.24, 2.45) is 11.8 Å². The summed E-state index contributed by atoms with van der Waals surface area (Å²) in [5, 5.41) is 0. The number of hydrogen-bond donors (Lipinski definition) is 0. The van der Waals surface area contributed by atoms with Gasteiger partial charge in [0.05, 0.1) is 26.9 Å². The van der Waals surface area contributed by atoms with E-state index < -0.39 is 0 Å². The van der Waals surface area contributed by atoms with Crippen LogP contribution < -0.4 is 14.4 Å². The molecule has 154 valence electrons. The Labute approximate surface area is 172 Å². The minimum atomic E-state index is 0.197. The molecule has 1 aromatic carbocycles. The van der Waals surface area contributed by atoms with Gasteiger partial charge in [0.1, 0.15) is 0 Å². The molecule has 5 aliphatic heterocycles. The summed E-state index contributed by atoms with van der Waals surface area (Å²) in [6.07, 6.45) is 6.47. The van der Waals surface area contributed by atoms with Crippen LogP contribution in [0, 0.1) is 11.8 Å². The zero-order chi connectivity index (χ0) is 19.5. The molecule has 0 N–H and O–H groups in total. The van der Waals surface area contributed by atoms with E-state index in [1.807, 2.05) is 0 Å². The highest BCUT2D eigenvalue weighted by atomic mass is 16.5. The quantitative estimate of drug-likeness (QED) is 0.721. The van der Waals surface area contributed by atoms with Crippen LogP contribution in [0.15, 0.2) is 23.8 Å². The second kappa shape index (κ2) is 5.50. The maximum absolute atomic E-state index is 6.51. The van der Waals surface area contributed by atoms with Gasteiger partial charge in [-0.2, -0.15) is 0 Å². The molecule has 0 unspecified atom stereocenters. The lowest BCUT2D eigenvalue weighted by molar-refractivity contribution is -0.0641. The summed E-state index contributed by atoms with van der Waals surface area (Å²) >= 11 is 0. The van der Waals surface area contributed by atoms with E-state index in [-0.39, 0.29) is 5.41 Å². The average Bonchev–Trinajstić information content (AvgIpc) is 3.20. The monoisotopic (exact) mass is 394 g/mol. The Balaban J connectivity index is 1.51. The van der Waals surface area contributed by atoms with Crippen molar-refractivity contribution < 1.29 is 14.2 Å². The third kappa shape index (κ3) is 1.82. The molecule has 1 saturated carbocycles. The van der Waals surface area contributed by atoms with E-state index in [2.05, 4.69) is 34.9 Å². The molecule has 1 spiro atoms. The van der Waals surface area contributed by atoms with Crippen molar-refractivity contribution in [3.05, 3.63) is 29.3 Å². The first-order valence-corrected chi connectivity index (χ1v) is 11.3. The minimum Gasteiger partial charge on any atom is -0.493 e. The number of ether oxygens (including phenoxy) is 3. The Hall–Kier alpha value is -1.72. The van der Waals surface area contributed by atoms with Gasteiger partial charge in [-0.05, 0) is 50.3 Å². The molecule has 0 radical (unpaired) electrons. The SMILES string of the molecule is COc1cc2c(cc1OC)[C@]13CCN4CC5=CCO[C@@H]6C[C@H](C)N2[C@H]1[C@H]6[C@H]5C[C@H]43. The van der Waals surface area contributed by atoms with Crippen molar-refractivity contribution >= 4 is 5.69 Å². The van der Waals surface area contributed by atoms with E-state index >= 15 is 0 Å². The lowest BCUT2D eigenvalue weighted by Gasteiger charge is -2.60. The highest BCUT2D eigenvalue weighted by Crippen LogP contribution is 2.67. The summed E-state index contributed by atoms with van der Waals surface area (Å²) in [7, 11) is 3.51. The van der Waals surface area contributed by atoms with Crippen LogP contribution in [0.5, 0.6) is 11.5 Å². The van der Waals surface area contributed by atoms with Gasteiger partial charge in [-0.25, -0.2) is 0 Å². The summed E-state index contributed by atoms with van der Waals surface area (Å²) in [4.78, 5) is 5.56. The van der Waals surface area contributed by atoms with Gasteiger partial charge in [0.15, 0.2) is 11.5 Å². The van der Waals surface area contributed by atoms with Gasteiger partial charge in [-0.15, -0.1) is 0 Å². The third-order valence-electron chi connectivity index (χ3n) is 9.26. The summed E-state index contributed by atoms with van der Waals surface area (Å²) in [5.41, 5.74) is 4.75. The lowest BCUT2D eigenvalue weighted by Crippen LogP contribution is -2.69. The Morgan fingerprint density at radius 1 is 1.14 bits per heavy atom. The van der Waals surface area contributed by atoms with Gasteiger partial charge in [-0.1, -0.05) is 11.6 Å². The Morgan fingerprint density at radius 3 is 2.79 bits per heavy atom. The molecular formula is C24H30N2O3. The minimum absolute atomic E-state index is 0.197. The molecular weight excluding hydrogens is 364 g/mol. The predicted molar refractivity (Wildman–Crippen MR) is 111 cm³/mol. The van der Waals surface area contributed by atoms with Gasteiger partial charge in [0, 0.05) is 47.8 Å². The van der Waals surface area contributed by atoms with Crippen LogP contribution in [-0.2, 0) is 10.2 Å². The van der Waals surface area contributed by atoms with Crippen LogP contribution in [-0.4, -0.2) is 63.0 Å². The number of piperidine rings is 2. The lowest BCUT2D eigenvalue weighted by atomic mass is 9.53. The summed E-state index contributed by atoms with van der Waals surface area (Å²) < 4.78 is 18.0. The molecule has 2 bridgehead atoms. The standard InChI is InChI=1S/C24H30N2O3/c1-13-8-20-22-15-9-21-24(5-6-25(21)12-14(15)4-7-29-20)16-10-18(27-2)19(28-3)11-17(16)26(13)23(22)24/h4,10-11,13,15,20-23H,5-9,12H2,1-3H3/t13-,15-,20+,21-,22-,23-,24-/m0/s1. The van der Waals surface area contributed by atoms with Crippen LogP contribution in [0.4, 0.5) is 5.69 Å². The number of hydrogen-bond acceptors (Lipinski definition) is 5. The molecule has 7 rings (SSSR count). The van der Waals surface area contributed by atoms with Crippen molar-refractivity contribution in [1.82, 2.24) is 4.90 Å². The molecule has 0 amide bonds. The summed E-state index contributed by atoms with van der Waals surface area (Å²) in [5.74, 6) is 3.01. The molecule has 7 atom stereocenters. The van der Waals surface area contributed by atoms with E-state index in [0.29, 0.717) is 36.1 Å². The second-order valence-corrected chi connectivity index (χ2v) is 10.0. The maximum atomic E-state index is 6.51. The summed E-state index contributed by atoms with van der Waals surface area (Å²) in [6, 6.07) is 6.22. The van der Waals surface area contributed by atoms with Crippen LogP contribution in [0.2, 0.25) is 0 Å². The fourth-order valence-corrected chi connectivity index (χ4v) is 8.35. The third-order valence-corrected chi connectivity index (χ3v) is 9.26. The zero-order valence-electron chi connectivity index (χ0n) is 17.6. The molecule has 1 aromatic rings. The van der Waals surface area contributed by atoms with Crippen molar-refractivity contribution in [2.75, 3.05) is 38.8 Å². The molecule has 5 heteroatoms. The molecule has 0 aromatic heterocycles. The number of fused-ring (bicyclic) bond motifs is 2. The first-order valence-electron chi connectivity index (χ1n) is 11.3. The van der Waals surface area contributed by atoms with Crippen molar-refractivity contribution in [3.63, 3.8) is 0 Å². The van der Waals surface area contributed by atoms with Crippen molar-refractivity contribution in [3.8, 4) is 11.5 Å². The molecule has 5 nitrogen and oxygen atoms in total. The predicted octanol–water partition coefficient (Wildman–Crippen LogP) is 2.97. The zero-order valence-corrected chi connectivity index (χ0v) is 17.6. The maximum Gasteiger partial charge on any atom is 0.162 e. The molecule has 29 heavy (non-hydrogen) atoms. The largest absolute Gasteiger partial charge is 0.493 e. The first-order chi connectivity index (χ1) is 14.2. The number of nitrogens with zero attached hydrogens (tertiary/aromatic N) is 2. The number of benzene rings is 1. The number of methoxy groups -OCH3 is 2. The van der Waals surface area contributed by atoms with Gasteiger partial charge in [0.25, 0.3) is 0 Å². The van der Waals surface area contributed by atoms with E-state index in [9.17, 15) is 0 Å². The van der Waals surface area contributed by atoms with Crippen LogP contribution in [0.3, 0.4) is 0 Å². The Morgan fingerprint density at radius 2 is 1.97 bits per heavy atom. The van der Waals surface area contributed by atoms with E-state index in [1.165, 1.54) is 30.6 Å². The van der Waals surface area contributed by atoms with Crippen molar-refractivity contribution in [2.45, 2.75) is 55.8 Å². The fourth-order valence-electron chi connectivity index (χ4n) is 8.35. The molecule has 3 saturated heterocycles. The van der Waals surface area contributed by atoms with Gasteiger partial charge in [0.2, 0.25) is 0 Å². The van der Waals surface area contributed by atoms with Gasteiger partial charge < -0.3 is 19.1 Å². The van der Waals surface area contributed by atoms with Crippen LogP contribution in [0.25, 0.3) is 0 Å². The molecule has 4 fully saturated rings. The Kier molecular flexibility index (Phi) is 3.22. The van der Waals surface area contributed by atoms with Gasteiger partial charge in [-0.3, -0.25) is 4.90 Å².